The summed E-state index contributed by atoms with van der Waals surface area (Å²) in [5.41, 5.74) is 5.33. The Hall–Kier alpha value is -5.04. The van der Waals surface area contributed by atoms with Crippen LogP contribution in [0.2, 0.25) is 0 Å². The maximum Gasteiger partial charge on any atom is 0.414 e. The normalized spacial score (nSPS) is 14.5. The number of hydrogen-bond donors (Lipinski definition) is 4. The van der Waals surface area contributed by atoms with Crippen molar-refractivity contribution in [3.8, 4) is 16.2 Å². The Bertz CT molecular complexity index is 1710. The topological polar surface area (TPSA) is 165 Å². The van der Waals surface area contributed by atoms with E-state index >= 15 is 0 Å². The minimum absolute atomic E-state index is 0.761. The van der Waals surface area contributed by atoms with Gasteiger partial charge in [0.05, 0.1) is 0 Å². The fourth-order valence-corrected chi connectivity index (χ4v) is 6.99. The molecule has 2 saturated heterocycles. The lowest BCUT2D eigenvalue weighted by Crippen LogP contribution is -2.25. The number of benzene rings is 3. The highest BCUT2D eigenvalue weighted by Crippen LogP contribution is 2.40. The summed E-state index contributed by atoms with van der Waals surface area (Å²) in [6.45, 7) is 7.77. The average Bonchev–Trinajstić information content (AvgIpc) is 3.89. The van der Waals surface area contributed by atoms with Gasteiger partial charge >= 0.3 is 23.9 Å². The molecule has 1 aromatic heterocycles. The minimum Gasteiger partial charge on any atom is -0.492 e. The molecule has 0 atom stereocenters. The van der Waals surface area contributed by atoms with Gasteiger partial charge in [0, 0.05) is 22.7 Å². The molecule has 0 spiro atoms. The Morgan fingerprint density at radius 3 is 1.84 bits per heavy atom. The number of likely N-dealkylation sites (tertiary alicyclic amines) is 2. The van der Waals surface area contributed by atoms with Crippen molar-refractivity contribution in [3.63, 3.8) is 0 Å². The lowest BCUT2D eigenvalue weighted by molar-refractivity contribution is -0.159. The Labute approximate surface area is 294 Å². The number of aliphatic carboxylic acids is 4. The van der Waals surface area contributed by atoms with Crippen LogP contribution in [0.25, 0.3) is 26.6 Å². The van der Waals surface area contributed by atoms with E-state index in [-0.39, 0.29) is 0 Å². The van der Waals surface area contributed by atoms with E-state index in [0.717, 1.165) is 31.9 Å². The van der Waals surface area contributed by atoms with Crippen LogP contribution in [0.3, 0.4) is 0 Å². The first-order valence-electron chi connectivity index (χ1n) is 16.5. The zero-order chi connectivity index (χ0) is 35.9. The van der Waals surface area contributed by atoms with Crippen LogP contribution in [0.1, 0.15) is 42.4 Å². The number of rotatable bonds is 10. The van der Waals surface area contributed by atoms with Gasteiger partial charge in [-0.05, 0) is 116 Å². The summed E-state index contributed by atoms with van der Waals surface area (Å²) in [7, 11) is 0. The molecule has 0 radical (unpaired) electrons. The smallest absolute Gasteiger partial charge is 0.414 e. The second kappa shape index (κ2) is 19.2. The molecule has 0 aliphatic carbocycles. The van der Waals surface area contributed by atoms with E-state index in [0.29, 0.717) is 0 Å². The van der Waals surface area contributed by atoms with E-state index in [1.54, 1.807) is 0 Å². The van der Waals surface area contributed by atoms with Gasteiger partial charge in [0.15, 0.2) is 0 Å². The van der Waals surface area contributed by atoms with Gasteiger partial charge in [-0.3, -0.25) is 9.80 Å². The molecule has 264 valence electrons. The molecule has 12 heteroatoms. The summed E-state index contributed by atoms with van der Waals surface area (Å²) >= 11 is 1.90. The zero-order valence-corrected chi connectivity index (χ0v) is 28.5. The molecule has 3 heterocycles. The molecule has 3 aromatic carbocycles. The molecule has 2 aliphatic rings. The van der Waals surface area contributed by atoms with E-state index in [4.69, 9.17) is 44.3 Å². The first kappa shape index (κ1) is 37.8. The SMILES string of the molecule is C(=C\c1ccc(Cc2c(-c3ccc(OCCN4CCCC4)cc3)sc3ccccc23)cc1)/CN1CCCC1.O=C(O)C(=O)O.O=C(O)C(=O)O. The van der Waals surface area contributed by atoms with Gasteiger partial charge in [0.2, 0.25) is 0 Å². The summed E-state index contributed by atoms with van der Waals surface area (Å²) in [4.78, 5) is 42.8. The van der Waals surface area contributed by atoms with Gasteiger partial charge in [-0.1, -0.05) is 54.6 Å². The van der Waals surface area contributed by atoms with Gasteiger partial charge in [-0.25, -0.2) is 19.2 Å². The third-order valence-corrected chi connectivity index (χ3v) is 9.55. The van der Waals surface area contributed by atoms with Crippen molar-refractivity contribution in [2.75, 3.05) is 45.9 Å². The molecule has 0 saturated carbocycles. The van der Waals surface area contributed by atoms with Crippen LogP contribution in [0.15, 0.2) is 78.9 Å². The fourth-order valence-electron chi connectivity index (χ4n) is 5.76. The lowest BCUT2D eigenvalue weighted by Gasteiger charge is -2.15. The van der Waals surface area contributed by atoms with Gasteiger partial charge in [-0.15, -0.1) is 11.3 Å². The molecular formula is C38H42N2O9S. The molecule has 11 nitrogen and oxygen atoms in total. The molecule has 6 rings (SSSR count). The number of carbonyl (C=O) groups is 4. The van der Waals surface area contributed by atoms with Crippen LogP contribution >= 0.6 is 11.3 Å². The third-order valence-electron chi connectivity index (χ3n) is 8.29. The molecule has 0 amide bonds. The predicted octanol–water partition coefficient (Wildman–Crippen LogP) is 6.05. The highest BCUT2D eigenvalue weighted by atomic mass is 32.1. The van der Waals surface area contributed by atoms with Gasteiger partial charge in [0.25, 0.3) is 0 Å². The van der Waals surface area contributed by atoms with E-state index in [1.807, 2.05) is 11.3 Å². The largest absolute Gasteiger partial charge is 0.492 e. The quantitative estimate of drug-likeness (QED) is 0.142. The molecule has 2 fully saturated rings. The van der Waals surface area contributed by atoms with Gasteiger partial charge < -0.3 is 25.2 Å². The number of carboxylic acids is 4. The van der Waals surface area contributed by atoms with Crippen molar-refractivity contribution in [1.29, 1.82) is 0 Å². The van der Waals surface area contributed by atoms with Gasteiger partial charge in [0.1, 0.15) is 12.4 Å². The minimum atomic E-state index is -1.82. The predicted molar refractivity (Wildman–Crippen MR) is 193 cm³/mol. The molecular weight excluding hydrogens is 660 g/mol. The maximum absolute atomic E-state index is 9.10. The fraction of sp³-hybridized carbons (Fsp3) is 0.316. The highest BCUT2D eigenvalue weighted by Gasteiger charge is 2.15. The van der Waals surface area contributed by atoms with Crippen molar-refractivity contribution in [1.82, 2.24) is 9.80 Å². The summed E-state index contributed by atoms with van der Waals surface area (Å²) in [5, 5.41) is 30.9. The van der Waals surface area contributed by atoms with Crippen LogP contribution < -0.4 is 4.74 Å². The maximum atomic E-state index is 9.10. The van der Waals surface area contributed by atoms with Crippen LogP contribution in [0.4, 0.5) is 0 Å². The standard InChI is InChI=1S/C34H38N2OS.2C2H2O4/c1-2-10-33-31(9-1)32(26-28-13-11-27(12-14-28)8-7-23-35-19-3-4-20-35)34(38-33)29-15-17-30(18-16-29)37-25-24-36-21-5-6-22-36;2*3-1(4)2(5)6/h1-2,7-18H,3-6,19-26H2;2*(H,3,4)(H,5,6)/b8-7+;;. The number of hydrogen-bond acceptors (Lipinski definition) is 8. The molecule has 0 unspecified atom stereocenters. The Morgan fingerprint density at radius 1 is 0.700 bits per heavy atom. The van der Waals surface area contributed by atoms with Crippen LogP contribution in [-0.2, 0) is 25.6 Å². The molecule has 4 N–H and O–H groups in total. The van der Waals surface area contributed by atoms with Crippen molar-refractivity contribution in [2.45, 2.75) is 32.1 Å². The van der Waals surface area contributed by atoms with Crippen LogP contribution in [0.5, 0.6) is 5.75 Å². The zero-order valence-electron chi connectivity index (χ0n) is 27.7. The third kappa shape index (κ3) is 11.8. The Kier molecular flexibility index (Phi) is 14.5. The van der Waals surface area contributed by atoms with Crippen LogP contribution in [-0.4, -0.2) is 100.0 Å². The monoisotopic (exact) mass is 702 g/mol. The summed E-state index contributed by atoms with van der Waals surface area (Å²) in [5.74, 6) is -6.33. The summed E-state index contributed by atoms with van der Waals surface area (Å²) < 4.78 is 7.42. The molecule has 50 heavy (non-hydrogen) atoms. The van der Waals surface area contributed by atoms with Crippen molar-refractivity contribution >= 4 is 51.4 Å². The van der Waals surface area contributed by atoms with Crippen molar-refractivity contribution in [2.24, 2.45) is 0 Å². The molecule has 4 aromatic rings. The lowest BCUT2D eigenvalue weighted by atomic mass is 9.98. The van der Waals surface area contributed by atoms with E-state index in [9.17, 15) is 0 Å². The van der Waals surface area contributed by atoms with Crippen LogP contribution in [0, 0.1) is 0 Å². The van der Waals surface area contributed by atoms with Gasteiger partial charge in [-0.2, -0.15) is 0 Å². The summed E-state index contributed by atoms with van der Waals surface area (Å²) in [6, 6.07) is 26.7. The first-order valence-corrected chi connectivity index (χ1v) is 17.3. The molecule has 0 bridgehead atoms. The number of thiophene rings is 1. The first-order chi connectivity index (χ1) is 24.1. The number of ether oxygens (including phenoxy) is 1. The number of fused-ring (bicyclic) bond motifs is 1. The Morgan fingerprint density at radius 2 is 1.26 bits per heavy atom. The Balaban J connectivity index is 0.000000404. The van der Waals surface area contributed by atoms with E-state index < -0.39 is 23.9 Å². The number of carboxylic acid groups (broad SMARTS) is 4. The van der Waals surface area contributed by atoms with Crippen molar-refractivity contribution < 1.29 is 44.3 Å². The van der Waals surface area contributed by atoms with Crippen molar-refractivity contribution in [3.05, 3.63) is 95.6 Å². The van der Waals surface area contributed by atoms with E-state index in [2.05, 4.69) is 94.7 Å². The highest BCUT2D eigenvalue weighted by molar-refractivity contribution is 7.22. The number of nitrogens with zero attached hydrogens (tertiary/aromatic N) is 2. The summed E-state index contributed by atoms with van der Waals surface area (Å²) in [6.07, 6.45) is 10.9. The van der Waals surface area contributed by atoms with E-state index in [1.165, 1.54) is 89.1 Å². The second-order valence-corrected chi connectivity index (χ2v) is 12.9. The average molecular weight is 703 g/mol. The molecule has 2 aliphatic heterocycles. The second-order valence-electron chi connectivity index (χ2n) is 11.9.